The number of hydrogen-bond donors (Lipinski definition) is 2. The maximum absolute atomic E-state index is 11.6. The Kier molecular flexibility index (Phi) is 6.30. The molecular formula is C18H22N2O2. The molecule has 0 aromatic heterocycles. The van der Waals surface area contributed by atoms with Gasteiger partial charge in [0.05, 0.1) is 0 Å². The molecule has 22 heavy (non-hydrogen) atoms. The maximum atomic E-state index is 11.6. The third-order valence-corrected chi connectivity index (χ3v) is 3.26. The summed E-state index contributed by atoms with van der Waals surface area (Å²) in [5, 5.41) is 5.49. The molecule has 0 fully saturated rings. The van der Waals surface area contributed by atoms with Crippen molar-refractivity contribution in [3.63, 3.8) is 0 Å². The minimum absolute atomic E-state index is 0.160. The Labute approximate surface area is 131 Å². The second kappa shape index (κ2) is 8.72. The summed E-state index contributed by atoms with van der Waals surface area (Å²) in [5.41, 5.74) is 2.46. The van der Waals surface area contributed by atoms with Gasteiger partial charge in [0, 0.05) is 6.54 Å². The van der Waals surface area contributed by atoms with Crippen molar-refractivity contribution in [3.05, 3.63) is 65.7 Å². The van der Waals surface area contributed by atoms with E-state index in [9.17, 15) is 4.79 Å². The van der Waals surface area contributed by atoms with Crippen molar-refractivity contribution < 1.29 is 9.53 Å². The molecule has 0 atom stereocenters. The van der Waals surface area contributed by atoms with Crippen LogP contribution in [0.5, 0.6) is 5.75 Å². The third-order valence-electron chi connectivity index (χ3n) is 3.26. The highest BCUT2D eigenvalue weighted by Gasteiger charge is 1.99. The van der Waals surface area contributed by atoms with Gasteiger partial charge in [-0.1, -0.05) is 48.0 Å². The van der Waals surface area contributed by atoms with E-state index >= 15 is 0 Å². The molecule has 0 bridgehead atoms. The van der Waals surface area contributed by atoms with Crippen LogP contribution in [0.2, 0.25) is 0 Å². The molecule has 0 aliphatic rings. The Balaban J connectivity index is 1.55. The van der Waals surface area contributed by atoms with E-state index < -0.39 is 0 Å². The standard InChI is InChI=1S/C18H22N2O2/c1-15-9-11-17(12-10-15)22-14-20-18(21)19-13-5-8-16-6-3-2-4-7-16/h2-4,6-7,9-12H,5,8,13-14H2,1H3,(H2,19,20,21). The van der Waals surface area contributed by atoms with E-state index in [2.05, 4.69) is 22.8 Å². The van der Waals surface area contributed by atoms with Gasteiger partial charge in [0.1, 0.15) is 5.75 Å². The van der Waals surface area contributed by atoms with Crippen LogP contribution in [0, 0.1) is 6.92 Å². The van der Waals surface area contributed by atoms with Gasteiger partial charge >= 0.3 is 6.03 Å². The van der Waals surface area contributed by atoms with Crippen molar-refractivity contribution in [1.82, 2.24) is 10.6 Å². The normalized spacial score (nSPS) is 10.0. The molecule has 2 N–H and O–H groups in total. The molecule has 116 valence electrons. The maximum Gasteiger partial charge on any atom is 0.317 e. The summed E-state index contributed by atoms with van der Waals surface area (Å²) in [6, 6.07) is 17.7. The van der Waals surface area contributed by atoms with Crippen LogP contribution in [-0.2, 0) is 6.42 Å². The molecule has 0 aliphatic heterocycles. The lowest BCUT2D eigenvalue weighted by Crippen LogP contribution is -2.38. The zero-order chi connectivity index (χ0) is 15.6. The Morgan fingerprint density at radius 1 is 1.00 bits per heavy atom. The van der Waals surface area contributed by atoms with Gasteiger partial charge < -0.3 is 15.4 Å². The summed E-state index contributed by atoms with van der Waals surface area (Å²) in [4.78, 5) is 11.6. The number of nitrogens with one attached hydrogen (secondary N) is 2. The van der Waals surface area contributed by atoms with Crippen LogP contribution in [-0.4, -0.2) is 19.3 Å². The largest absolute Gasteiger partial charge is 0.473 e. The molecule has 4 heteroatoms. The first-order valence-electron chi connectivity index (χ1n) is 7.49. The summed E-state index contributed by atoms with van der Waals surface area (Å²) in [5.74, 6) is 0.745. The number of amides is 2. The van der Waals surface area contributed by atoms with Crippen LogP contribution >= 0.6 is 0 Å². The summed E-state index contributed by atoms with van der Waals surface area (Å²) in [7, 11) is 0. The Morgan fingerprint density at radius 2 is 1.73 bits per heavy atom. The van der Waals surface area contributed by atoms with E-state index in [4.69, 9.17) is 4.74 Å². The minimum atomic E-state index is -0.208. The topological polar surface area (TPSA) is 50.4 Å². The van der Waals surface area contributed by atoms with Crippen molar-refractivity contribution in [2.24, 2.45) is 0 Å². The lowest BCUT2D eigenvalue weighted by molar-refractivity contribution is 0.224. The molecular weight excluding hydrogens is 276 g/mol. The van der Waals surface area contributed by atoms with Crippen LogP contribution < -0.4 is 15.4 Å². The van der Waals surface area contributed by atoms with Crippen LogP contribution in [0.25, 0.3) is 0 Å². The zero-order valence-electron chi connectivity index (χ0n) is 12.8. The number of urea groups is 1. The van der Waals surface area contributed by atoms with Gasteiger partial charge in [0.15, 0.2) is 6.73 Å². The van der Waals surface area contributed by atoms with Gasteiger partial charge in [-0.2, -0.15) is 0 Å². The molecule has 0 saturated carbocycles. The molecule has 0 radical (unpaired) electrons. The fourth-order valence-corrected chi connectivity index (χ4v) is 2.02. The molecule has 0 saturated heterocycles. The van der Waals surface area contributed by atoms with E-state index in [0.717, 1.165) is 18.6 Å². The molecule has 0 heterocycles. The van der Waals surface area contributed by atoms with E-state index in [1.165, 1.54) is 11.1 Å². The molecule has 4 nitrogen and oxygen atoms in total. The monoisotopic (exact) mass is 298 g/mol. The lowest BCUT2D eigenvalue weighted by atomic mass is 10.1. The molecule has 2 aromatic rings. The molecule has 2 amide bonds. The number of carbonyl (C=O) groups excluding carboxylic acids is 1. The van der Waals surface area contributed by atoms with Crippen molar-refractivity contribution in [2.75, 3.05) is 13.3 Å². The van der Waals surface area contributed by atoms with Gasteiger partial charge in [0.25, 0.3) is 0 Å². The second-order valence-corrected chi connectivity index (χ2v) is 5.12. The van der Waals surface area contributed by atoms with E-state index in [0.29, 0.717) is 6.54 Å². The summed E-state index contributed by atoms with van der Waals surface area (Å²) >= 11 is 0. The van der Waals surface area contributed by atoms with Gasteiger partial charge in [0.2, 0.25) is 0 Å². The van der Waals surface area contributed by atoms with E-state index in [1.54, 1.807) is 0 Å². The zero-order valence-corrected chi connectivity index (χ0v) is 12.8. The van der Waals surface area contributed by atoms with Crippen LogP contribution in [0.4, 0.5) is 4.79 Å². The average Bonchev–Trinajstić information content (AvgIpc) is 2.54. The molecule has 0 aliphatic carbocycles. The number of carbonyl (C=O) groups is 1. The van der Waals surface area contributed by atoms with Gasteiger partial charge in [-0.05, 0) is 37.5 Å². The van der Waals surface area contributed by atoms with Gasteiger partial charge in [-0.3, -0.25) is 0 Å². The Hall–Kier alpha value is -2.49. The van der Waals surface area contributed by atoms with Gasteiger partial charge in [-0.15, -0.1) is 0 Å². The minimum Gasteiger partial charge on any atom is -0.473 e. The molecule has 0 unspecified atom stereocenters. The fourth-order valence-electron chi connectivity index (χ4n) is 2.02. The summed E-state index contributed by atoms with van der Waals surface area (Å²) < 4.78 is 5.44. The van der Waals surface area contributed by atoms with Gasteiger partial charge in [-0.25, -0.2) is 4.79 Å². The summed E-state index contributed by atoms with van der Waals surface area (Å²) in [6.07, 6.45) is 1.87. The number of hydrogen-bond acceptors (Lipinski definition) is 2. The van der Waals surface area contributed by atoms with Crippen LogP contribution in [0.3, 0.4) is 0 Å². The molecule has 2 aromatic carbocycles. The second-order valence-electron chi connectivity index (χ2n) is 5.12. The van der Waals surface area contributed by atoms with E-state index in [-0.39, 0.29) is 12.8 Å². The van der Waals surface area contributed by atoms with Crippen molar-refractivity contribution in [1.29, 1.82) is 0 Å². The lowest BCUT2D eigenvalue weighted by Gasteiger charge is -2.09. The first-order chi connectivity index (χ1) is 10.7. The highest BCUT2D eigenvalue weighted by molar-refractivity contribution is 5.73. The van der Waals surface area contributed by atoms with Crippen molar-refractivity contribution in [3.8, 4) is 5.75 Å². The third kappa shape index (κ3) is 5.87. The quantitative estimate of drug-likeness (QED) is 0.609. The fraction of sp³-hybridized carbons (Fsp3) is 0.278. The summed E-state index contributed by atoms with van der Waals surface area (Å²) in [6.45, 7) is 2.82. The first-order valence-corrected chi connectivity index (χ1v) is 7.49. The smallest absolute Gasteiger partial charge is 0.317 e. The number of rotatable bonds is 7. The molecule has 0 spiro atoms. The predicted octanol–water partition coefficient (Wildman–Crippen LogP) is 3.26. The highest BCUT2D eigenvalue weighted by atomic mass is 16.5. The SMILES string of the molecule is Cc1ccc(OCNC(=O)NCCCc2ccccc2)cc1. The Bertz CT molecular complexity index is 567. The average molecular weight is 298 g/mol. The Morgan fingerprint density at radius 3 is 2.45 bits per heavy atom. The number of benzene rings is 2. The molecule has 2 rings (SSSR count). The van der Waals surface area contributed by atoms with Crippen LogP contribution in [0.15, 0.2) is 54.6 Å². The first kappa shape index (κ1) is 15.9. The van der Waals surface area contributed by atoms with E-state index in [1.807, 2.05) is 49.4 Å². The van der Waals surface area contributed by atoms with Crippen molar-refractivity contribution >= 4 is 6.03 Å². The number of aryl methyl sites for hydroxylation is 2. The predicted molar refractivity (Wildman–Crippen MR) is 88.0 cm³/mol. The highest BCUT2D eigenvalue weighted by Crippen LogP contribution is 2.10. The number of ether oxygens (including phenoxy) is 1. The van der Waals surface area contributed by atoms with Crippen molar-refractivity contribution in [2.45, 2.75) is 19.8 Å². The van der Waals surface area contributed by atoms with Crippen LogP contribution in [0.1, 0.15) is 17.5 Å².